The van der Waals surface area contributed by atoms with Gasteiger partial charge in [0.05, 0.1) is 11.2 Å². The normalized spacial score (nSPS) is 16.6. The third kappa shape index (κ3) is 3.98. The molecule has 3 rings (SSSR count). The van der Waals surface area contributed by atoms with E-state index in [-0.39, 0.29) is 11.4 Å². The number of benzene rings is 1. The van der Waals surface area contributed by atoms with E-state index in [1.807, 2.05) is 35.9 Å². The number of carbonyl (C=O) groups is 1. The van der Waals surface area contributed by atoms with Gasteiger partial charge >= 0.3 is 0 Å². The molecule has 140 valence electrons. The fraction of sp³-hybridized carbons (Fsp3) is 0.524. The molecule has 2 aromatic rings. The van der Waals surface area contributed by atoms with Gasteiger partial charge in [-0.3, -0.25) is 9.48 Å². The summed E-state index contributed by atoms with van der Waals surface area (Å²) >= 11 is 0. The van der Waals surface area contributed by atoms with Crippen LogP contribution in [0.5, 0.6) is 0 Å². The van der Waals surface area contributed by atoms with Gasteiger partial charge in [0.2, 0.25) is 0 Å². The number of amides is 1. The summed E-state index contributed by atoms with van der Waals surface area (Å²) < 4.78 is 7.37. The van der Waals surface area contributed by atoms with Crippen LogP contribution in [0.15, 0.2) is 36.4 Å². The Kier molecular flexibility index (Phi) is 5.77. The largest absolute Gasteiger partial charge is 0.381 e. The van der Waals surface area contributed by atoms with Crippen molar-refractivity contribution in [1.29, 1.82) is 0 Å². The highest BCUT2D eigenvalue weighted by molar-refractivity contribution is 5.93. The second-order valence-electron chi connectivity index (χ2n) is 7.45. The Bertz CT molecular complexity index is 731. The topological polar surface area (TPSA) is 56.2 Å². The molecule has 1 aromatic carbocycles. The lowest BCUT2D eigenvalue weighted by Gasteiger charge is -2.38. The zero-order valence-corrected chi connectivity index (χ0v) is 16.0. The quantitative estimate of drug-likeness (QED) is 0.862. The van der Waals surface area contributed by atoms with E-state index in [0.29, 0.717) is 31.4 Å². The zero-order chi connectivity index (χ0) is 18.6. The molecule has 1 amide bonds. The van der Waals surface area contributed by atoms with Crippen LogP contribution >= 0.6 is 0 Å². The number of nitrogens with one attached hydrogen (secondary N) is 1. The van der Waals surface area contributed by atoms with Crippen molar-refractivity contribution in [3.8, 4) is 0 Å². The summed E-state index contributed by atoms with van der Waals surface area (Å²) in [6.45, 7) is 8.34. The summed E-state index contributed by atoms with van der Waals surface area (Å²) in [6, 6.07) is 12.2. The number of nitrogens with zero attached hydrogens (tertiary/aromatic N) is 2. The maximum Gasteiger partial charge on any atom is 0.270 e. The molecule has 0 radical (unpaired) electrons. The first kappa shape index (κ1) is 18.6. The molecular formula is C21H29N3O2. The Balaban J connectivity index is 1.88. The fourth-order valence-electron chi connectivity index (χ4n) is 3.66. The van der Waals surface area contributed by atoms with E-state index in [1.54, 1.807) is 0 Å². The standard InChI is InChI=1S/C21H29N3O2/c1-4-24-19(15-18(23-24)14-16(2)3)20(25)22-21(10-12-26-13-11-21)17-8-6-5-7-9-17/h5-9,15-16H,4,10-14H2,1-3H3,(H,22,25). The van der Waals surface area contributed by atoms with E-state index in [1.165, 1.54) is 0 Å². The van der Waals surface area contributed by atoms with Gasteiger partial charge in [0.15, 0.2) is 0 Å². The molecule has 5 heteroatoms. The van der Waals surface area contributed by atoms with Crippen LogP contribution in [-0.4, -0.2) is 28.9 Å². The van der Waals surface area contributed by atoms with Crippen LogP contribution in [0.25, 0.3) is 0 Å². The van der Waals surface area contributed by atoms with Crippen molar-refractivity contribution in [2.45, 2.75) is 52.1 Å². The van der Waals surface area contributed by atoms with E-state index in [2.05, 4.69) is 36.4 Å². The van der Waals surface area contributed by atoms with E-state index < -0.39 is 0 Å². The van der Waals surface area contributed by atoms with Gasteiger partial charge in [-0.1, -0.05) is 44.2 Å². The second kappa shape index (κ2) is 8.04. The SMILES string of the molecule is CCn1nc(CC(C)C)cc1C(=O)NC1(c2ccccc2)CCOCC1. The molecule has 0 bridgehead atoms. The van der Waals surface area contributed by atoms with Crippen LogP contribution in [0, 0.1) is 5.92 Å². The van der Waals surface area contributed by atoms with E-state index in [0.717, 1.165) is 30.5 Å². The van der Waals surface area contributed by atoms with Gasteiger partial charge in [-0.2, -0.15) is 5.10 Å². The maximum absolute atomic E-state index is 13.2. The minimum absolute atomic E-state index is 0.0555. The number of rotatable bonds is 6. The predicted molar refractivity (Wildman–Crippen MR) is 102 cm³/mol. The first-order chi connectivity index (χ1) is 12.5. The van der Waals surface area contributed by atoms with E-state index >= 15 is 0 Å². The van der Waals surface area contributed by atoms with Crippen molar-refractivity contribution in [2.75, 3.05) is 13.2 Å². The maximum atomic E-state index is 13.2. The average Bonchev–Trinajstić information content (AvgIpc) is 3.05. The van der Waals surface area contributed by atoms with Gasteiger partial charge in [-0.15, -0.1) is 0 Å². The molecule has 2 heterocycles. The van der Waals surface area contributed by atoms with E-state index in [4.69, 9.17) is 4.74 Å². The zero-order valence-electron chi connectivity index (χ0n) is 16.0. The van der Waals surface area contributed by atoms with Gasteiger partial charge in [-0.25, -0.2) is 0 Å². The smallest absolute Gasteiger partial charge is 0.270 e. The summed E-state index contributed by atoms with van der Waals surface area (Å²) in [5.74, 6) is 0.456. The highest BCUT2D eigenvalue weighted by Crippen LogP contribution is 2.32. The van der Waals surface area contributed by atoms with Gasteiger partial charge in [0.1, 0.15) is 5.69 Å². The second-order valence-corrected chi connectivity index (χ2v) is 7.45. The lowest BCUT2D eigenvalue weighted by Crippen LogP contribution is -2.49. The highest BCUT2D eigenvalue weighted by atomic mass is 16.5. The van der Waals surface area contributed by atoms with Crippen molar-refractivity contribution < 1.29 is 9.53 Å². The molecule has 1 aliphatic rings. The van der Waals surface area contributed by atoms with Gasteiger partial charge in [-0.05, 0) is 43.7 Å². The third-order valence-electron chi connectivity index (χ3n) is 5.01. The first-order valence-electron chi connectivity index (χ1n) is 9.56. The van der Waals surface area contributed by atoms with Crippen LogP contribution in [-0.2, 0) is 23.2 Å². The Morgan fingerprint density at radius 2 is 1.96 bits per heavy atom. The number of hydrogen-bond donors (Lipinski definition) is 1. The number of aromatic nitrogens is 2. The summed E-state index contributed by atoms with van der Waals surface area (Å²) in [4.78, 5) is 13.2. The molecule has 1 saturated heterocycles. The molecule has 26 heavy (non-hydrogen) atoms. The molecular weight excluding hydrogens is 326 g/mol. The lowest BCUT2D eigenvalue weighted by atomic mass is 9.82. The molecule has 1 fully saturated rings. The molecule has 1 aromatic heterocycles. The van der Waals surface area contributed by atoms with Crippen molar-refractivity contribution in [3.05, 3.63) is 53.3 Å². The van der Waals surface area contributed by atoms with Crippen LogP contribution in [0.1, 0.15) is 55.4 Å². The van der Waals surface area contributed by atoms with Crippen molar-refractivity contribution >= 4 is 5.91 Å². The summed E-state index contributed by atoms with van der Waals surface area (Å²) in [7, 11) is 0. The molecule has 0 spiro atoms. The number of carbonyl (C=O) groups excluding carboxylic acids is 1. The van der Waals surface area contributed by atoms with Crippen LogP contribution < -0.4 is 5.32 Å². The molecule has 5 nitrogen and oxygen atoms in total. The number of ether oxygens (including phenoxy) is 1. The predicted octanol–water partition coefficient (Wildman–Crippen LogP) is 3.54. The molecule has 1 N–H and O–H groups in total. The monoisotopic (exact) mass is 355 g/mol. The molecule has 1 aliphatic heterocycles. The summed E-state index contributed by atoms with van der Waals surface area (Å²) in [6.07, 6.45) is 2.44. The van der Waals surface area contributed by atoms with Crippen molar-refractivity contribution in [2.24, 2.45) is 5.92 Å². The molecule has 0 saturated carbocycles. The van der Waals surface area contributed by atoms with Gasteiger partial charge in [0, 0.05) is 19.8 Å². The van der Waals surface area contributed by atoms with Crippen molar-refractivity contribution in [3.63, 3.8) is 0 Å². The fourth-order valence-corrected chi connectivity index (χ4v) is 3.66. The van der Waals surface area contributed by atoms with Crippen LogP contribution in [0.3, 0.4) is 0 Å². The summed E-state index contributed by atoms with van der Waals surface area (Å²) in [5.41, 5.74) is 2.39. The Labute approximate surface area is 155 Å². The van der Waals surface area contributed by atoms with Crippen LogP contribution in [0.2, 0.25) is 0 Å². The Morgan fingerprint density at radius 1 is 1.27 bits per heavy atom. The van der Waals surface area contributed by atoms with Crippen molar-refractivity contribution in [1.82, 2.24) is 15.1 Å². The first-order valence-corrected chi connectivity index (χ1v) is 9.56. The number of hydrogen-bond acceptors (Lipinski definition) is 3. The molecule has 0 aliphatic carbocycles. The minimum Gasteiger partial charge on any atom is -0.381 e. The molecule has 0 atom stereocenters. The average molecular weight is 355 g/mol. The summed E-state index contributed by atoms with van der Waals surface area (Å²) in [5, 5.41) is 7.94. The van der Waals surface area contributed by atoms with Gasteiger partial charge in [0.25, 0.3) is 5.91 Å². The minimum atomic E-state index is -0.377. The third-order valence-corrected chi connectivity index (χ3v) is 5.01. The van der Waals surface area contributed by atoms with Crippen LogP contribution in [0.4, 0.5) is 0 Å². The number of aryl methyl sites for hydroxylation is 1. The Morgan fingerprint density at radius 3 is 2.58 bits per heavy atom. The molecule has 0 unspecified atom stereocenters. The van der Waals surface area contributed by atoms with E-state index in [9.17, 15) is 4.79 Å². The Hall–Kier alpha value is -2.14. The lowest BCUT2D eigenvalue weighted by molar-refractivity contribution is 0.0342. The van der Waals surface area contributed by atoms with Gasteiger partial charge < -0.3 is 10.1 Å². The highest BCUT2D eigenvalue weighted by Gasteiger charge is 2.36.